The van der Waals surface area contributed by atoms with Crippen LogP contribution in [0, 0.1) is 0 Å². The zero-order valence-electron chi connectivity index (χ0n) is 15.9. The molecular weight excluding hydrogens is 413 g/mol. The number of alkyl halides is 5. The predicted octanol–water partition coefficient (Wildman–Crippen LogP) is 4.38. The molecule has 3 aromatic rings. The summed E-state index contributed by atoms with van der Waals surface area (Å²) in [6.07, 6.45) is 0.0568. The highest BCUT2D eigenvalue weighted by atomic mass is 19.4. The van der Waals surface area contributed by atoms with Crippen molar-refractivity contribution in [2.45, 2.75) is 38.5 Å². The van der Waals surface area contributed by atoms with Crippen molar-refractivity contribution in [1.29, 1.82) is 0 Å². The van der Waals surface area contributed by atoms with Crippen LogP contribution in [0.5, 0.6) is 5.88 Å². The maximum atomic E-state index is 14.0. The highest BCUT2D eigenvalue weighted by molar-refractivity contribution is 5.59. The average Bonchev–Trinajstić information content (AvgIpc) is 3.51. The molecule has 1 saturated carbocycles. The van der Waals surface area contributed by atoms with Crippen LogP contribution >= 0.6 is 0 Å². The van der Waals surface area contributed by atoms with Gasteiger partial charge in [0, 0.05) is 24.0 Å². The molecule has 4 rings (SSSR count). The first-order valence-corrected chi connectivity index (χ1v) is 9.08. The molecule has 162 valence electrons. The zero-order chi connectivity index (χ0) is 21.8. The number of nitrogens with zero attached hydrogens (tertiary/aromatic N) is 5. The highest BCUT2D eigenvalue weighted by Gasteiger charge is 2.38. The Hall–Kier alpha value is -2.89. The molecule has 12 heteroatoms. The Morgan fingerprint density at radius 2 is 1.73 bits per heavy atom. The van der Waals surface area contributed by atoms with Gasteiger partial charge in [0.1, 0.15) is 0 Å². The molecule has 0 aliphatic heterocycles. The lowest BCUT2D eigenvalue weighted by Gasteiger charge is -2.13. The predicted molar refractivity (Wildman–Crippen MR) is 94.9 cm³/mol. The molecule has 0 unspecified atom stereocenters. The second-order valence-corrected chi connectivity index (χ2v) is 6.32. The summed E-state index contributed by atoms with van der Waals surface area (Å²) in [4.78, 5) is 7.81. The van der Waals surface area contributed by atoms with E-state index in [1.807, 2.05) is 0 Å². The van der Waals surface area contributed by atoms with Crippen molar-refractivity contribution in [1.82, 2.24) is 24.6 Å². The molecule has 0 spiro atoms. The van der Waals surface area contributed by atoms with Crippen molar-refractivity contribution >= 4 is 5.65 Å². The molecule has 30 heavy (non-hydrogen) atoms. The Bertz CT molecular complexity index is 970. The van der Waals surface area contributed by atoms with E-state index in [0.717, 1.165) is 4.40 Å². The SMILES string of the molecule is C1CC1.CCOC(F)(F)c1nnc2cnc(-c3ccc(OCC(F)(F)F)nc3)cn12. The highest BCUT2D eigenvalue weighted by Crippen LogP contribution is 2.29. The molecule has 0 atom stereocenters. The van der Waals surface area contributed by atoms with Gasteiger partial charge in [0.05, 0.1) is 18.5 Å². The van der Waals surface area contributed by atoms with Crippen LogP contribution in [-0.4, -0.2) is 44.0 Å². The van der Waals surface area contributed by atoms with Gasteiger partial charge in [0.2, 0.25) is 11.7 Å². The van der Waals surface area contributed by atoms with E-state index < -0.39 is 24.7 Å². The van der Waals surface area contributed by atoms with Gasteiger partial charge in [-0.3, -0.25) is 9.38 Å². The van der Waals surface area contributed by atoms with Crippen LogP contribution < -0.4 is 4.74 Å². The van der Waals surface area contributed by atoms with Crippen LogP contribution in [0.15, 0.2) is 30.7 Å². The van der Waals surface area contributed by atoms with Crippen LogP contribution in [0.25, 0.3) is 16.9 Å². The average molecular weight is 431 g/mol. The molecule has 1 aliphatic carbocycles. The monoisotopic (exact) mass is 431 g/mol. The molecule has 0 saturated heterocycles. The third-order valence-electron chi connectivity index (χ3n) is 3.65. The van der Waals surface area contributed by atoms with Crippen molar-refractivity contribution in [2.24, 2.45) is 0 Å². The maximum absolute atomic E-state index is 14.0. The lowest BCUT2D eigenvalue weighted by Crippen LogP contribution is -2.21. The summed E-state index contributed by atoms with van der Waals surface area (Å²) in [6, 6.07) is 2.62. The lowest BCUT2D eigenvalue weighted by atomic mass is 10.2. The summed E-state index contributed by atoms with van der Waals surface area (Å²) in [5.41, 5.74) is 0.674. The normalized spacial score (nSPS) is 13.7. The summed E-state index contributed by atoms with van der Waals surface area (Å²) in [5, 5.41) is 7.05. The van der Waals surface area contributed by atoms with E-state index in [2.05, 4.69) is 29.6 Å². The molecule has 0 aromatic carbocycles. The summed E-state index contributed by atoms with van der Waals surface area (Å²) >= 11 is 0. The number of hydrogen-bond acceptors (Lipinski definition) is 6. The van der Waals surface area contributed by atoms with Gasteiger partial charge in [-0.15, -0.1) is 10.2 Å². The van der Waals surface area contributed by atoms with Crippen LogP contribution in [-0.2, 0) is 10.8 Å². The minimum atomic E-state index is -4.48. The van der Waals surface area contributed by atoms with Crippen LogP contribution in [0.2, 0.25) is 0 Å². The smallest absolute Gasteiger partial charge is 0.422 e. The Balaban J connectivity index is 0.000000782. The van der Waals surface area contributed by atoms with E-state index in [4.69, 9.17) is 0 Å². The van der Waals surface area contributed by atoms with E-state index >= 15 is 0 Å². The first kappa shape index (κ1) is 21.8. The molecule has 3 heterocycles. The summed E-state index contributed by atoms with van der Waals surface area (Å²) in [6.45, 7) is -0.290. The number of halogens is 5. The Morgan fingerprint density at radius 1 is 1.00 bits per heavy atom. The summed E-state index contributed by atoms with van der Waals surface area (Å²) < 4.78 is 74.4. The van der Waals surface area contributed by atoms with E-state index in [-0.39, 0.29) is 23.8 Å². The van der Waals surface area contributed by atoms with Crippen molar-refractivity contribution in [3.63, 3.8) is 0 Å². The van der Waals surface area contributed by atoms with Crippen LogP contribution in [0.4, 0.5) is 22.0 Å². The van der Waals surface area contributed by atoms with Crippen molar-refractivity contribution in [2.75, 3.05) is 13.2 Å². The maximum Gasteiger partial charge on any atom is 0.422 e. The van der Waals surface area contributed by atoms with E-state index in [9.17, 15) is 22.0 Å². The van der Waals surface area contributed by atoms with Crippen LogP contribution in [0.3, 0.4) is 0 Å². The Kier molecular flexibility index (Phi) is 6.44. The largest absolute Gasteiger partial charge is 0.468 e. The lowest BCUT2D eigenvalue weighted by molar-refractivity contribution is -0.251. The van der Waals surface area contributed by atoms with Crippen molar-refractivity contribution in [3.8, 4) is 17.1 Å². The van der Waals surface area contributed by atoms with Crippen molar-refractivity contribution in [3.05, 3.63) is 36.5 Å². The second kappa shape index (κ2) is 8.86. The van der Waals surface area contributed by atoms with Gasteiger partial charge in [-0.1, -0.05) is 19.3 Å². The fraction of sp³-hybridized carbons (Fsp3) is 0.444. The number of ether oxygens (including phenoxy) is 2. The van der Waals surface area contributed by atoms with Crippen molar-refractivity contribution < 1.29 is 31.4 Å². The van der Waals surface area contributed by atoms with Gasteiger partial charge in [-0.2, -0.15) is 22.0 Å². The molecule has 0 radical (unpaired) electrons. The number of aromatic nitrogens is 5. The fourth-order valence-electron chi connectivity index (χ4n) is 2.17. The minimum absolute atomic E-state index is 0.0752. The van der Waals surface area contributed by atoms with Crippen LogP contribution in [0.1, 0.15) is 32.0 Å². The van der Waals surface area contributed by atoms with E-state index in [0.29, 0.717) is 5.56 Å². The standard InChI is InChI=1S/C15H12F5N5O2.C3H6/c1-2-27-15(19,20)13-24-23-11-6-21-10(7-25(11)13)9-3-4-12(22-5-9)26-8-14(16,17)18;1-2-3-1/h3-7H,2,8H2,1H3;1-3H2. The van der Waals surface area contributed by atoms with E-state index in [1.165, 1.54) is 56.9 Å². The topological polar surface area (TPSA) is 74.4 Å². The first-order chi connectivity index (χ1) is 14.2. The Labute approximate surface area is 167 Å². The molecule has 1 fully saturated rings. The van der Waals surface area contributed by atoms with Gasteiger partial charge >= 0.3 is 12.3 Å². The Morgan fingerprint density at radius 3 is 2.30 bits per heavy atom. The van der Waals surface area contributed by atoms with E-state index in [1.54, 1.807) is 0 Å². The molecule has 3 aromatic heterocycles. The molecule has 0 N–H and O–H groups in total. The fourth-order valence-corrected chi connectivity index (χ4v) is 2.17. The van der Waals surface area contributed by atoms with Gasteiger partial charge < -0.3 is 9.47 Å². The molecule has 7 nitrogen and oxygen atoms in total. The minimum Gasteiger partial charge on any atom is -0.468 e. The molecular formula is C18H18F5N5O2. The quantitative estimate of drug-likeness (QED) is 0.539. The zero-order valence-corrected chi connectivity index (χ0v) is 15.9. The van der Waals surface area contributed by atoms with Gasteiger partial charge in [0.15, 0.2) is 12.3 Å². The first-order valence-electron chi connectivity index (χ1n) is 9.08. The van der Waals surface area contributed by atoms with Gasteiger partial charge in [-0.05, 0) is 13.0 Å². The third kappa shape index (κ3) is 5.81. The molecule has 0 bridgehead atoms. The number of rotatable bonds is 6. The van der Waals surface area contributed by atoms with Gasteiger partial charge in [0.25, 0.3) is 0 Å². The summed E-state index contributed by atoms with van der Waals surface area (Å²) in [7, 11) is 0. The second-order valence-electron chi connectivity index (χ2n) is 6.32. The van der Waals surface area contributed by atoms with Gasteiger partial charge in [-0.25, -0.2) is 4.98 Å². The molecule has 1 aliphatic rings. The number of pyridine rings is 1. The summed E-state index contributed by atoms with van der Waals surface area (Å²) in [5.74, 6) is -0.953. The number of hydrogen-bond donors (Lipinski definition) is 0. The molecule has 0 amide bonds. The third-order valence-corrected chi connectivity index (χ3v) is 3.65. The number of fused-ring (bicyclic) bond motifs is 1.